The number of rotatable bonds is 7. The van der Waals surface area contributed by atoms with E-state index >= 15 is 0 Å². The highest BCUT2D eigenvalue weighted by atomic mass is 16.5. The Morgan fingerprint density at radius 3 is 2.53 bits per heavy atom. The number of para-hydroxylation sites is 1. The lowest BCUT2D eigenvalue weighted by molar-refractivity contribution is -0.117. The molecule has 0 fully saturated rings. The Kier molecular flexibility index (Phi) is 6.64. The molecule has 0 radical (unpaired) electrons. The second-order valence-electron chi connectivity index (χ2n) is 6.09. The van der Waals surface area contributed by atoms with Crippen LogP contribution >= 0.6 is 0 Å². The number of carbonyl (C=O) groups excluding carboxylic acids is 2. The first-order valence-electron chi connectivity index (χ1n) is 8.98. The second kappa shape index (κ2) is 9.75. The van der Waals surface area contributed by atoms with E-state index in [1.165, 1.54) is 19.4 Å². The van der Waals surface area contributed by atoms with Crippen molar-refractivity contribution >= 4 is 18.0 Å². The largest absolute Gasteiger partial charge is 0.496 e. The van der Waals surface area contributed by atoms with Gasteiger partial charge < -0.3 is 19.2 Å². The molecule has 0 bridgehead atoms. The molecule has 0 atom stereocenters. The average molecular weight is 402 g/mol. The van der Waals surface area contributed by atoms with Crippen molar-refractivity contribution in [3.63, 3.8) is 0 Å². The molecule has 7 nitrogen and oxygen atoms in total. The second-order valence-corrected chi connectivity index (χ2v) is 6.09. The Morgan fingerprint density at radius 1 is 1.10 bits per heavy atom. The average Bonchev–Trinajstić information content (AvgIpc) is 3.30. The van der Waals surface area contributed by atoms with E-state index in [1.54, 1.807) is 60.7 Å². The summed E-state index contributed by atoms with van der Waals surface area (Å²) >= 11 is 0. The molecule has 0 aliphatic heterocycles. The lowest BCUT2D eigenvalue weighted by Crippen LogP contribution is -2.23. The van der Waals surface area contributed by atoms with Crippen LogP contribution in [0.25, 0.3) is 6.08 Å². The van der Waals surface area contributed by atoms with Gasteiger partial charge in [-0.15, -0.1) is 0 Å². The molecule has 1 amide bonds. The topological polar surface area (TPSA) is 102 Å². The predicted octanol–water partition coefficient (Wildman–Crippen LogP) is 3.73. The minimum Gasteiger partial charge on any atom is -0.496 e. The van der Waals surface area contributed by atoms with E-state index in [4.69, 9.17) is 13.9 Å². The van der Waals surface area contributed by atoms with Gasteiger partial charge in [-0.25, -0.2) is 4.79 Å². The molecule has 1 heterocycles. The van der Waals surface area contributed by atoms with Crippen molar-refractivity contribution in [2.75, 3.05) is 7.11 Å². The van der Waals surface area contributed by atoms with Gasteiger partial charge >= 0.3 is 5.97 Å². The Hall–Kier alpha value is -4.31. The fraction of sp³-hybridized carbons (Fsp3) is 0.0870. The van der Waals surface area contributed by atoms with Crippen LogP contribution in [-0.4, -0.2) is 19.0 Å². The summed E-state index contributed by atoms with van der Waals surface area (Å²) in [5.74, 6) is 0.262. The molecule has 3 rings (SSSR count). The standard InChI is InChI=1S/C23H18N2O5/c1-28-21-7-3-2-6-20(21)23(27)30-18-10-8-16(9-11-18)13-17(14-24)22(26)25-15-19-5-4-12-29-19/h2-13H,15H2,1H3,(H,25,26)/b17-13+. The van der Waals surface area contributed by atoms with E-state index in [0.717, 1.165) is 0 Å². The van der Waals surface area contributed by atoms with Gasteiger partial charge in [-0.3, -0.25) is 4.79 Å². The van der Waals surface area contributed by atoms with Gasteiger partial charge in [0.05, 0.1) is 19.9 Å². The molecule has 0 aliphatic carbocycles. The van der Waals surface area contributed by atoms with Crippen molar-refractivity contribution in [3.05, 3.63) is 89.4 Å². The van der Waals surface area contributed by atoms with Crippen LogP contribution in [0.3, 0.4) is 0 Å². The molecule has 7 heteroatoms. The number of furan rings is 1. The van der Waals surface area contributed by atoms with Crippen molar-refractivity contribution in [2.24, 2.45) is 0 Å². The van der Waals surface area contributed by atoms with Crippen LogP contribution in [0.4, 0.5) is 0 Å². The highest BCUT2D eigenvalue weighted by Gasteiger charge is 2.14. The lowest BCUT2D eigenvalue weighted by Gasteiger charge is -2.08. The number of carbonyl (C=O) groups is 2. The zero-order valence-electron chi connectivity index (χ0n) is 16.1. The highest BCUT2D eigenvalue weighted by Crippen LogP contribution is 2.21. The number of esters is 1. The van der Waals surface area contributed by atoms with Crippen LogP contribution in [0.1, 0.15) is 21.7 Å². The monoisotopic (exact) mass is 402 g/mol. The quantitative estimate of drug-likeness (QED) is 0.280. The number of ether oxygens (including phenoxy) is 2. The van der Waals surface area contributed by atoms with E-state index in [0.29, 0.717) is 28.4 Å². The summed E-state index contributed by atoms with van der Waals surface area (Å²) < 4.78 is 15.7. The molecule has 3 aromatic rings. The van der Waals surface area contributed by atoms with Gasteiger partial charge in [-0.2, -0.15) is 5.26 Å². The molecule has 1 N–H and O–H groups in total. The first-order valence-corrected chi connectivity index (χ1v) is 8.98. The molecule has 30 heavy (non-hydrogen) atoms. The minimum atomic E-state index is -0.550. The molecule has 0 saturated heterocycles. The van der Waals surface area contributed by atoms with Crippen LogP contribution < -0.4 is 14.8 Å². The summed E-state index contributed by atoms with van der Waals surface area (Å²) in [6.07, 6.45) is 2.95. The molecule has 0 unspecified atom stereocenters. The highest BCUT2D eigenvalue weighted by molar-refractivity contribution is 6.01. The first-order chi connectivity index (χ1) is 14.6. The number of nitriles is 1. The molecule has 0 saturated carbocycles. The number of nitrogens with zero attached hydrogens (tertiary/aromatic N) is 1. The van der Waals surface area contributed by atoms with E-state index in [1.807, 2.05) is 6.07 Å². The van der Waals surface area contributed by atoms with E-state index in [9.17, 15) is 14.9 Å². The third-order valence-corrected chi connectivity index (χ3v) is 4.10. The summed E-state index contributed by atoms with van der Waals surface area (Å²) in [4.78, 5) is 24.5. The summed E-state index contributed by atoms with van der Waals surface area (Å²) in [7, 11) is 1.48. The molecular weight excluding hydrogens is 384 g/mol. The number of amides is 1. The number of hydrogen-bond acceptors (Lipinski definition) is 6. The van der Waals surface area contributed by atoms with Crippen LogP contribution in [-0.2, 0) is 11.3 Å². The van der Waals surface area contributed by atoms with Gasteiger partial charge in [0.25, 0.3) is 5.91 Å². The summed E-state index contributed by atoms with van der Waals surface area (Å²) in [6, 6.07) is 18.5. The number of nitrogens with one attached hydrogen (secondary N) is 1. The van der Waals surface area contributed by atoms with Crippen molar-refractivity contribution in [2.45, 2.75) is 6.54 Å². The van der Waals surface area contributed by atoms with Crippen LogP contribution in [0.15, 0.2) is 76.9 Å². The summed E-state index contributed by atoms with van der Waals surface area (Å²) in [5, 5.41) is 11.9. The van der Waals surface area contributed by atoms with E-state index < -0.39 is 11.9 Å². The maximum absolute atomic E-state index is 12.3. The van der Waals surface area contributed by atoms with Gasteiger partial charge in [-0.05, 0) is 48.0 Å². The summed E-state index contributed by atoms with van der Waals surface area (Å²) in [5.41, 5.74) is 0.862. The minimum absolute atomic E-state index is 0.0553. The zero-order valence-corrected chi connectivity index (χ0v) is 16.1. The normalized spacial score (nSPS) is 10.7. The number of hydrogen-bond donors (Lipinski definition) is 1. The maximum atomic E-state index is 12.3. The molecule has 0 aliphatic rings. The van der Waals surface area contributed by atoms with Gasteiger partial charge in [0.15, 0.2) is 0 Å². The Morgan fingerprint density at radius 2 is 1.87 bits per heavy atom. The third kappa shape index (κ3) is 5.14. The SMILES string of the molecule is COc1ccccc1C(=O)Oc1ccc(/C=C(\C#N)C(=O)NCc2ccco2)cc1. The zero-order chi connectivity index (χ0) is 21.3. The van der Waals surface area contributed by atoms with Gasteiger partial charge in [0.2, 0.25) is 0 Å². The van der Waals surface area contributed by atoms with Crippen LogP contribution in [0.5, 0.6) is 11.5 Å². The Labute approximate surface area is 173 Å². The van der Waals surface area contributed by atoms with Crippen LogP contribution in [0.2, 0.25) is 0 Å². The van der Waals surface area contributed by atoms with Crippen molar-refractivity contribution < 1.29 is 23.5 Å². The fourth-order valence-corrected chi connectivity index (χ4v) is 2.60. The summed E-state index contributed by atoms with van der Waals surface area (Å²) in [6.45, 7) is 0.183. The first kappa shape index (κ1) is 20.4. The Balaban J connectivity index is 1.66. The van der Waals surface area contributed by atoms with Crippen LogP contribution in [0, 0.1) is 11.3 Å². The van der Waals surface area contributed by atoms with Gasteiger partial charge in [0, 0.05) is 0 Å². The predicted molar refractivity (Wildman–Crippen MR) is 109 cm³/mol. The third-order valence-electron chi connectivity index (χ3n) is 4.10. The van der Waals surface area contributed by atoms with Crippen molar-refractivity contribution in [1.29, 1.82) is 5.26 Å². The smallest absolute Gasteiger partial charge is 0.347 e. The maximum Gasteiger partial charge on any atom is 0.347 e. The molecular formula is C23H18N2O5. The van der Waals surface area contributed by atoms with Gasteiger partial charge in [-0.1, -0.05) is 24.3 Å². The van der Waals surface area contributed by atoms with Crippen molar-refractivity contribution in [1.82, 2.24) is 5.32 Å². The number of benzene rings is 2. The van der Waals surface area contributed by atoms with E-state index in [2.05, 4.69) is 5.32 Å². The number of methoxy groups -OCH3 is 1. The van der Waals surface area contributed by atoms with Gasteiger partial charge in [0.1, 0.15) is 34.5 Å². The lowest BCUT2D eigenvalue weighted by atomic mass is 10.1. The van der Waals surface area contributed by atoms with E-state index in [-0.39, 0.29) is 12.1 Å². The molecule has 150 valence electrons. The molecule has 1 aromatic heterocycles. The fourth-order valence-electron chi connectivity index (χ4n) is 2.60. The molecule has 2 aromatic carbocycles. The molecule has 0 spiro atoms. The van der Waals surface area contributed by atoms with Crippen molar-refractivity contribution in [3.8, 4) is 17.6 Å². The Bertz CT molecular complexity index is 1090.